The van der Waals surface area contributed by atoms with Gasteiger partial charge in [0.15, 0.2) is 9.84 Å². The van der Waals surface area contributed by atoms with Crippen LogP contribution in [0.25, 0.3) is 0 Å². The monoisotopic (exact) mass is 411 g/mol. The predicted molar refractivity (Wildman–Crippen MR) is 105 cm³/mol. The van der Waals surface area contributed by atoms with Gasteiger partial charge in [-0.2, -0.15) is 0 Å². The molecule has 1 heterocycles. The van der Waals surface area contributed by atoms with E-state index in [1.54, 1.807) is 52.8 Å². The number of esters is 1. The van der Waals surface area contributed by atoms with Gasteiger partial charge in [0, 0.05) is 6.54 Å². The Morgan fingerprint density at radius 1 is 1.18 bits per heavy atom. The van der Waals surface area contributed by atoms with Crippen molar-refractivity contribution in [1.29, 1.82) is 0 Å². The smallest absolute Gasteiger partial charge is 0.410 e. The molecule has 0 bridgehead atoms. The van der Waals surface area contributed by atoms with E-state index in [1.165, 1.54) is 11.0 Å². The Balaban J connectivity index is 2.55. The summed E-state index contributed by atoms with van der Waals surface area (Å²) in [7, 11) is -3.54. The number of benzene rings is 1. The molecular formula is C20H29NO6S. The van der Waals surface area contributed by atoms with Crippen LogP contribution in [-0.4, -0.2) is 49.9 Å². The standard InChI is InChI=1S/C20H29NO6S/c1-6-26-18(22)15-12-13-21(19(23)27-20(3,4)5)17(15)14-10-8-9-11-16(14)28(24,25)7-2/h8-11,15,17H,6-7,12-13H2,1-5H3/t15-,17-/m0/s1. The molecule has 0 N–H and O–H groups in total. The zero-order chi connectivity index (χ0) is 21.1. The Labute approximate surface area is 166 Å². The van der Waals surface area contributed by atoms with Crippen LogP contribution in [0.1, 0.15) is 52.6 Å². The zero-order valence-electron chi connectivity index (χ0n) is 17.1. The molecule has 0 spiro atoms. The van der Waals surface area contributed by atoms with Gasteiger partial charge in [0.2, 0.25) is 0 Å². The number of carbonyl (C=O) groups excluding carboxylic acids is 2. The summed E-state index contributed by atoms with van der Waals surface area (Å²) in [5.74, 6) is -1.17. The molecular weight excluding hydrogens is 382 g/mol. The number of likely N-dealkylation sites (tertiary alicyclic amines) is 1. The molecule has 1 fully saturated rings. The zero-order valence-corrected chi connectivity index (χ0v) is 17.9. The summed E-state index contributed by atoms with van der Waals surface area (Å²) in [6, 6.07) is 5.76. The highest BCUT2D eigenvalue weighted by molar-refractivity contribution is 7.91. The third-order valence-corrected chi connectivity index (χ3v) is 6.37. The highest BCUT2D eigenvalue weighted by Crippen LogP contribution is 2.41. The first-order valence-corrected chi connectivity index (χ1v) is 11.1. The first kappa shape index (κ1) is 22.2. The van der Waals surface area contributed by atoms with Crippen LogP contribution in [0.2, 0.25) is 0 Å². The second-order valence-corrected chi connectivity index (χ2v) is 9.95. The number of hydrogen-bond donors (Lipinski definition) is 0. The van der Waals surface area contributed by atoms with Crippen LogP contribution in [0, 0.1) is 5.92 Å². The molecule has 156 valence electrons. The topological polar surface area (TPSA) is 90.0 Å². The van der Waals surface area contributed by atoms with E-state index in [0.29, 0.717) is 12.0 Å². The predicted octanol–water partition coefficient (Wildman–Crippen LogP) is 3.34. The maximum atomic E-state index is 12.8. The van der Waals surface area contributed by atoms with E-state index in [2.05, 4.69) is 0 Å². The molecule has 1 saturated heterocycles. The summed E-state index contributed by atoms with van der Waals surface area (Å²) in [6.45, 7) is 9.04. The fourth-order valence-corrected chi connectivity index (χ4v) is 4.51. The number of rotatable bonds is 5. The molecule has 28 heavy (non-hydrogen) atoms. The molecule has 0 aromatic heterocycles. The van der Waals surface area contributed by atoms with E-state index in [0.717, 1.165) is 0 Å². The molecule has 1 aliphatic heterocycles. The Hall–Kier alpha value is -2.09. The summed E-state index contributed by atoms with van der Waals surface area (Å²) >= 11 is 0. The van der Waals surface area contributed by atoms with E-state index in [-0.39, 0.29) is 23.8 Å². The van der Waals surface area contributed by atoms with Crippen LogP contribution in [0.3, 0.4) is 0 Å². The quantitative estimate of drug-likeness (QED) is 0.690. The molecule has 7 nitrogen and oxygen atoms in total. The van der Waals surface area contributed by atoms with Gasteiger partial charge in [-0.1, -0.05) is 25.1 Å². The third-order valence-electron chi connectivity index (χ3n) is 4.57. The lowest BCUT2D eigenvalue weighted by atomic mass is 9.93. The third kappa shape index (κ3) is 4.84. The normalized spacial score (nSPS) is 20.1. The first-order chi connectivity index (χ1) is 13.0. The lowest BCUT2D eigenvalue weighted by molar-refractivity contribution is -0.148. The summed E-state index contributed by atoms with van der Waals surface area (Å²) in [5, 5.41) is 0. The summed E-state index contributed by atoms with van der Waals surface area (Å²) in [5.41, 5.74) is -0.288. The summed E-state index contributed by atoms with van der Waals surface area (Å²) < 4.78 is 36.0. The molecule has 1 aromatic rings. The van der Waals surface area contributed by atoms with Crippen LogP contribution in [-0.2, 0) is 24.1 Å². The largest absolute Gasteiger partial charge is 0.466 e. The number of hydrogen-bond acceptors (Lipinski definition) is 6. The fraction of sp³-hybridized carbons (Fsp3) is 0.600. The van der Waals surface area contributed by atoms with Crippen LogP contribution in [0.5, 0.6) is 0 Å². The maximum absolute atomic E-state index is 12.8. The molecule has 0 radical (unpaired) electrons. The minimum atomic E-state index is -3.54. The van der Waals surface area contributed by atoms with E-state index in [4.69, 9.17) is 9.47 Å². The van der Waals surface area contributed by atoms with Crippen molar-refractivity contribution in [2.75, 3.05) is 18.9 Å². The van der Waals surface area contributed by atoms with Gasteiger partial charge in [-0.15, -0.1) is 0 Å². The number of nitrogens with zero attached hydrogens (tertiary/aromatic N) is 1. The fourth-order valence-electron chi connectivity index (χ4n) is 3.36. The number of amides is 1. The van der Waals surface area contributed by atoms with Crippen LogP contribution in [0.4, 0.5) is 4.79 Å². The van der Waals surface area contributed by atoms with Crippen LogP contribution in [0.15, 0.2) is 29.2 Å². The average Bonchev–Trinajstić information content (AvgIpc) is 3.05. The van der Waals surface area contributed by atoms with Crippen LogP contribution < -0.4 is 0 Å². The number of carbonyl (C=O) groups is 2. The molecule has 0 saturated carbocycles. The van der Waals surface area contributed by atoms with Crippen molar-refractivity contribution in [3.63, 3.8) is 0 Å². The minimum absolute atomic E-state index is 0.0761. The first-order valence-electron chi connectivity index (χ1n) is 9.49. The minimum Gasteiger partial charge on any atom is -0.466 e. The second-order valence-electron chi connectivity index (χ2n) is 7.71. The van der Waals surface area contributed by atoms with Gasteiger partial charge >= 0.3 is 12.1 Å². The lowest BCUT2D eigenvalue weighted by Crippen LogP contribution is -2.38. The molecule has 1 aliphatic rings. The van der Waals surface area contributed by atoms with E-state index < -0.39 is 39.5 Å². The highest BCUT2D eigenvalue weighted by atomic mass is 32.2. The number of sulfone groups is 1. The molecule has 0 unspecified atom stereocenters. The molecule has 2 atom stereocenters. The molecule has 1 amide bonds. The Kier molecular flexibility index (Phi) is 6.75. The summed E-state index contributed by atoms with van der Waals surface area (Å²) in [4.78, 5) is 26.9. The van der Waals surface area contributed by atoms with Gasteiger partial charge in [0.1, 0.15) is 5.60 Å². The second kappa shape index (κ2) is 8.51. The lowest BCUT2D eigenvalue weighted by Gasteiger charge is -2.31. The van der Waals surface area contributed by atoms with Crippen molar-refractivity contribution in [3.8, 4) is 0 Å². The van der Waals surface area contributed by atoms with Crippen molar-refractivity contribution in [2.24, 2.45) is 5.92 Å². The molecule has 2 rings (SSSR count). The van der Waals surface area contributed by atoms with Gasteiger partial charge < -0.3 is 14.4 Å². The average molecular weight is 412 g/mol. The van der Waals surface area contributed by atoms with Gasteiger partial charge in [-0.25, -0.2) is 13.2 Å². The molecule has 1 aromatic carbocycles. The van der Waals surface area contributed by atoms with Gasteiger partial charge in [0.25, 0.3) is 0 Å². The van der Waals surface area contributed by atoms with Crippen LogP contribution >= 0.6 is 0 Å². The van der Waals surface area contributed by atoms with Crippen molar-refractivity contribution in [1.82, 2.24) is 4.90 Å². The number of ether oxygens (including phenoxy) is 2. The Morgan fingerprint density at radius 3 is 2.39 bits per heavy atom. The van der Waals surface area contributed by atoms with Gasteiger partial charge in [-0.05, 0) is 45.7 Å². The van der Waals surface area contributed by atoms with Crippen molar-refractivity contribution < 1.29 is 27.5 Å². The highest BCUT2D eigenvalue weighted by Gasteiger charge is 2.45. The van der Waals surface area contributed by atoms with Crippen molar-refractivity contribution >= 4 is 21.9 Å². The van der Waals surface area contributed by atoms with Gasteiger partial charge in [0.05, 0.1) is 29.2 Å². The Morgan fingerprint density at radius 2 is 1.82 bits per heavy atom. The van der Waals surface area contributed by atoms with Crippen molar-refractivity contribution in [2.45, 2.75) is 57.6 Å². The maximum Gasteiger partial charge on any atom is 0.410 e. The van der Waals surface area contributed by atoms with E-state index in [9.17, 15) is 18.0 Å². The SMILES string of the molecule is CCOC(=O)[C@H]1CCN(C(=O)OC(C)(C)C)[C@H]1c1ccccc1S(=O)(=O)CC. The van der Waals surface area contributed by atoms with Gasteiger partial charge in [-0.3, -0.25) is 4.79 Å². The van der Waals surface area contributed by atoms with E-state index >= 15 is 0 Å². The molecule has 0 aliphatic carbocycles. The molecule has 8 heteroatoms. The van der Waals surface area contributed by atoms with E-state index in [1.807, 2.05) is 0 Å². The van der Waals surface area contributed by atoms with Crippen molar-refractivity contribution in [3.05, 3.63) is 29.8 Å². The summed E-state index contributed by atoms with van der Waals surface area (Å²) in [6.07, 6.45) is -0.198. The Bertz CT molecular complexity index is 827.